The van der Waals surface area contributed by atoms with Crippen LogP contribution in [0.1, 0.15) is 17.5 Å². The topological polar surface area (TPSA) is 172 Å². The number of hydrogen-bond donors (Lipinski definition) is 5. The molecule has 11 heteroatoms. The lowest BCUT2D eigenvalue weighted by molar-refractivity contribution is -0.148. The lowest BCUT2D eigenvalue weighted by Gasteiger charge is -2.33. The molecule has 198 valence electrons. The summed E-state index contributed by atoms with van der Waals surface area (Å²) in [5, 5.41) is 48.3. The third-order valence-electron chi connectivity index (χ3n) is 6.40. The molecule has 0 saturated carbocycles. The van der Waals surface area contributed by atoms with Crippen molar-refractivity contribution >= 4 is 11.9 Å². The molecule has 4 atom stereocenters. The minimum atomic E-state index is -1.24. The fourth-order valence-electron chi connectivity index (χ4n) is 4.40. The lowest BCUT2D eigenvalue weighted by atomic mass is 9.79. The smallest absolute Gasteiger partial charge is 0.337 e. The van der Waals surface area contributed by atoms with Gasteiger partial charge in [-0.25, -0.2) is 4.79 Å². The number of fused-ring (bicyclic) bond motifs is 1. The van der Waals surface area contributed by atoms with Gasteiger partial charge < -0.3 is 44.5 Å². The third-order valence-corrected chi connectivity index (χ3v) is 6.40. The monoisotopic (exact) mass is 516 g/mol. The highest BCUT2D eigenvalue weighted by Crippen LogP contribution is 2.40. The molecule has 0 radical (unpaired) electrons. The molecule has 2 aliphatic heterocycles. The first kappa shape index (κ1) is 26.1. The number of rotatable bonds is 9. The summed E-state index contributed by atoms with van der Waals surface area (Å²) in [4.78, 5) is 25.5. The Kier molecular flexibility index (Phi) is 8.04. The predicted octanol–water partition coefficient (Wildman–Crippen LogP) is 1.63. The fraction of sp³-hybridized carbons (Fsp3) is 0.385. The Bertz CT molecular complexity index is 1180. The molecular weight excluding hydrogens is 488 g/mol. The van der Waals surface area contributed by atoms with Crippen molar-refractivity contribution in [2.24, 2.45) is 11.8 Å². The first-order chi connectivity index (χ1) is 17.7. The maximum absolute atomic E-state index is 12.9. The number of aromatic hydroxyl groups is 4. The molecule has 11 nitrogen and oxygen atoms in total. The Balaban J connectivity index is 1.36. The molecule has 2 heterocycles. The van der Waals surface area contributed by atoms with Gasteiger partial charge in [-0.15, -0.1) is 0 Å². The summed E-state index contributed by atoms with van der Waals surface area (Å²) in [5.41, 5.74) is 1.36. The molecule has 4 rings (SSSR count). The molecule has 0 aromatic heterocycles. The van der Waals surface area contributed by atoms with Gasteiger partial charge in [0.15, 0.2) is 29.3 Å². The van der Waals surface area contributed by atoms with Gasteiger partial charge in [0.05, 0.1) is 44.0 Å². The summed E-state index contributed by atoms with van der Waals surface area (Å²) in [6.45, 7) is 0.0669. The van der Waals surface area contributed by atoms with E-state index in [-0.39, 0.29) is 61.2 Å². The van der Waals surface area contributed by atoms with E-state index in [9.17, 15) is 35.1 Å². The van der Waals surface area contributed by atoms with Crippen molar-refractivity contribution in [3.8, 4) is 23.0 Å². The number of phenolic OH excluding ortho intramolecular Hbond substituents is 4. The van der Waals surface area contributed by atoms with E-state index in [1.807, 2.05) is 0 Å². The number of hydrogen-bond acceptors (Lipinski definition) is 11. The summed E-state index contributed by atoms with van der Waals surface area (Å²) >= 11 is 0. The summed E-state index contributed by atoms with van der Waals surface area (Å²) in [6, 6.07) is 8.58. The highest BCUT2D eigenvalue weighted by molar-refractivity contribution is 5.90. The summed E-state index contributed by atoms with van der Waals surface area (Å²) in [6.07, 6.45) is -0.204. The molecular formula is C26H28O11. The minimum Gasteiger partial charge on any atom is -0.504 e. The molecule has 1 fully saturated rings. The van der Waals surface area contributed by atoms with Crippen molar-refractivity contribution < 1.29 is 54.1 Å². The van der Waals surface area contributed by atoms with Crippen LogP contribution >= 0.6 is 0 Å². The second kappa shape index (κ2) is 11.4. The van der Waals surface area contributed by atoms with Crippen LogP contribution in [0, 0.1) is 11.8 Å². The normalized spacial score (nSPS) is 22.5. The van der Waals surface area contributed by atoms with Crippen LogP contribution in [0.5, 0.6) is 23.0 Å². The van der Waals surface area contributed by atoms with E-state index in [1.165, 1.54) is 30.5 Å². The number of esters is 2. The number of aliphatic hydroxyl groups excluding tert-OH is 1. The maximum atomic E-state index is 12.9. The standard InChI is InChI=1S/C26H28O11/c27-18-3-1-14(9-20(18)29)5-7-34-23(31)11-16-17(12-36-22-13-37-26(33)24(16)22)25(32)35-8-6-15-2-4-19(28)21(30)10-15/h1-4,9-10,12,16,22,24,26-30,33H,5-8,11,13H2/t16-,22-,24+,26+/m1/s1. The van der Waals surface area contributed by atoms with Crippen LogP contribution in [0.3, 0.4) is 0 Å². The average Bonchev–Trinajstić information content (AvgIpc) is 3.24. The molecule has 2 aromatic carbocycles. The van der Waals surface area contributed by atoms with Crippen molar-refractivity contribution in [3.05, 3.63) is 59.4 Å². The molecule has 0 aliphatic carbocycles. The third kappa shape index (κ3) is 6.25. The average molecular weight is 516 g/mol. The Hall–Kier alpha value is -3.96. The minimum absolute atomic E-state index is 0.00237. The predicted molar refractivity (Wildman–Crippen MR) is 125 cm³/mol. The molecule has 0 amide bonds. The van der Waals surface area contributed by atoms with Crippen molar-refractivity contribution in [3.63, 3.8) is 0 Å². The molecule has 1 saturated heterocycles. The van der Waals surface area contributed by atoms with E-state index in [2.05, 4.69) is 0 Å². The van der Waals surface area contributed by atoms with Gasteiger partial charge in [0.2, 0.25) is 0 Å². The second-order valence-corrected chi connectivity index (χ2v) is 8.86. The highest BCUT2D eigenvalue weighted by Gasteiger charge is 2.49. The highest BCUT2D eigenvalue weighted by atomic mass is 16.6. The summed E-state index contributed by atoms with van der Waals surface area (Å²) < 4.78 is 21.5. The van der Waals surface area contributed by atoms with Crippen molar-refractivity contribution in [1.82, 2.24) is 0 Å². The number of carbonyl (C=O) groups is 2. The van der Waals surface area contributed by atoms with E-state index in [4.69, 9.17) is 18.9 Å². The largest absolute Gasteiger partial charge is 0.504 e. The quantitative estimate of drug-likeness (QED) is 0.242. The van der Waals surface area contributed by atoms with Gasteiger partial charge in [-0.3, -0.25) is 4.79 Å². The maximum Gasteiger partial charge on any atom is 0.337 e. The van der Waals surface area contributed by atoms with Crippen LogP contribution in [0.25, 0.3) is 0 Å². The Morgan fingerprint density at radius 3 is 2.05 bits per heavy atom. The van der Waals surface area contributed by atoms with Gasteiger partial charge in [-0.2, -0.15) is 0 Å². The van der Waals surface area contributed by atoms with Crippen LogP contribution in [-0.4, -0.2) is 69.7 Å². The van der Waals surface area contributed by atoms with Gasteiger partial charge in [-0.05, 0) is 35.4 Å². The summed E-state index contributed by atoms with van der Waals surface area (Å²) in [7, 11) is 0. The Morgan fingerprint density at radius 2 is 1.46 bits per heavy atom. The Morgan fingerprint density at radius 1 is 0.865 bits per heavy atom. The van der Waals surface area contributed by atoms with E-state index < -0.39 is 36.2 Å². The second-order valence-electron chi connectivity index (χ2n) is 8.86. The van der Waals surface area contributed by atoms with Crippen molar-refractivity contribution in [1.29, 1.82) is 0 Å². The number of aliphatic hydroxyl groups is 1. The van der Waals surface area contributed by atoms with Crippen molar-refractivity contribution in [2.75, 3.05) is 19.8 Å². The molecule has 0 spiro atoms. The van der Waals surface area contributed by atoms with E-state index >= 15 is 0 Å². The zero-order valence-corrected chi connectivity index (χ0v) is 19.8. The zero-order chi connectivity index (χ0) is 26.5. The number of phenols is 4. The van der Waals surface area contributed by atoms with Crippen LogP contribution in [-0.2, 0) is 41.4 Å². The van der Waals surface area contributed by atoms with Gasteiger partial charge in [0, 0.05) is 18.8 Å². The lowest BCUT2D eigenvalue weighted by Crippen LogP contribution is -2.40. The van der Waals surface area contributed by atoms with Crippen LogP contribution < -0.4 is 0 Å². The molecule has 0 unspecified atom stereocenters. The molecule has 0 bridgehead atoms. The van der Waals surface area contributed by atoms with Crippen molar-refractivity contribution in [2.45, 2.75) is 31.7 Å². The van der Waals surface area contributed by atoms with Crippen LogP contribution in [0.4, 0.5) is 0 Å². The molecule has 37 heavy (non-hydrogen) atoms. The van der Waals surface area contributed by atoms with E-state index in [1.54, 1.807) is 12.1 Å². The first-order valence-electron chi connectivity index (χ1n) is 11.7. The number of benzene rings is 2. The number of ether oxygens (including phenoxy) is 4. The SMILES string of the molecule is O=C(C[C@@H]1C(C(=O)OCCc2ccc(O)c(O)c2)=CO[C@@H]2CO[C@H](O)[C@@H]12)OCCc1ccc(O)c(O)c1. The zero-order valence-electron chi connectivity index (χ0n) is 19.8. The van der Waals surface area contributed by atoms with Gasteiger partial charge in [0.1, 0.15) is 6.10 Å². The van der Waals surface area contributed by atoms with Gasteiger partial charge in [-0.1, -0.05) is 12.1 Å². The Labute approximate surface area is 212 Å². The molecule has 5 N–H and O–H groups in total. The number of carbonyl (C=O) groups excluding carboxylic acids is 2. The molecule has 2 aromatic rings. The van der Waals surface area contributed by atoms with Gasteiger partial charge in [0.25, 0.3) is 0 Å². The van der Waals surface area contributed by atoms with Crippen LogP contribution in [0.2, 0.25) is 0 Å². The fourth-order valence-corrected chi connectivity index (χ4v) is 4.40. The van der Waals surface area contributed by atoms with E-state index in [0.717, 1.165) is 0 Å². The van der Waals surface area contributed by atoms with Gasteiger partial charge >= 0.3 is 11.9 Å². The summed E-state index contributed by atoms with van der Waals surface area (Å²) in [5.74, 6) is -3.84. The molecule has 2 aliphatic rings. The first-order valence-corrected chi connectivity index (χ1v) is 11.7. The van der Waals surface area contributed by atoms with Crippen LogP contribution in [0.15, 0.2) is 48.2 Å². The van der Waals surface area contributed by atoms with E-state index in [0.29, 0.717) is 17.5 Å².